The molecule has 0 amide bonds. The van der Waals surface area contributed by atoms with Crippen molar-refractivity contribution in [3.05, 3.63) is 41.5 Å². The molecular weight excluding hydrogens is 249 g/mol. The summed E-state index contributed by atoms with van der Waals surface area (Å²) < 4.78 is 14.6. The zero-order valence-electron chi connectivity index (χ0n) is 10.7. The lowest BCUT2D eigenvalue weighted by molar-refractivity contribution is 0.0689. The quantitative estimate of drug-likeness (QED) is 0.919. The Kier molecular flexibility index (Phi) is 3.59. The van der Waals surface area contributed by atoms with Crippen molar-refractivity contribution in [3.63, 3.8) is 0 Å². The molecule has 0 saturated heterocycles. The Morgan fingerprint density at radius 2 is 2.21 bits per heavy atom. The predicted molar refractivity (Wildman–Crippen MR) is 66.8 cm³/mol. The highest BCUT2D eigenvalue weighted by atomic mass is 19.1. The van der Waals surface area contributed by atoms with E-state index < -0.39 is 11.8 Å². The number of carbonyl (C=O) groups is 1. The van der Waals surface area contributed by atoms with Crippen LogP contribution >= 0.6 is 0 Å². The SMILES string of the molecule is CC(C)Cc1c(C(=O)O)nnn1-c1cccc(F)c1. The molecule has 0 radical (unpaired) electrons. The molecule has 1 aromatic heterocycles. The van der Waals surface area contributed by atoms with E-state index in [0.717, 1.165) is 0 Å². The van der Waals surface area contributed by atoms with Gasteiger partial charge >= 0.3 is 5.97 Å². The number of aromatic carboxylic acids is 1. The standard InChI is InChI=1S/C13H14FN3O2/c1-8(2)6-11-12(13(18)19)15-16-17(11)10-5-3-4-9(14)7-10/h3-5,7-8H,6H2,1-2H3,(H,18,19). The van der Waals surface area contributed by atoms with Gasteiger partial charge in [-0.15, -0.1) is 5.10 Å². The monoisotopic (exact) mass is 263 g/mol. The Bertz CT molecular complexity index is 608. The van der Waals surface area contributed by atoms with Gasteiger partial charge in [-0.3, -0.25) is 0 Å². The van der Waals surface area contributed by atoms with E-state index >= 15 is 0 Å². The summed E-state index contributed by atoms with van der Waals surface area (Å²) in [6, 6.07) is 5.82. The fraction of sp³-hybridized carbons (Fsp3) is 0.308. The summed E-state index contributed by atoms with van der Waals surface area (Å²) in [5.74, 6) is -1.29. The average molecular weight is 263 g/mol. The Morgan fingerprint density at radius 1 is 1.47 bits per heavy atom. The number of hydrogen-bond donors (Lipinski definition) is 1. The second-order valence-electron chi connectivity index (χ2n) is 4.68. The third-order valence-corrected chi connectivity index (χ3v) is 2.62. The maximum atomic E-state index is 13.2. The van der Waals surface area contributed by atoms with Crippen molar-refractivity contribution < 1.29 is 14.3 Å². The van der Waals surface area contributed by atoms with Crippen LogP contribution in [0.15, 0.2) is 24.3 Å². The van der Waals surface area contributed by atoms with E-state index in [0.29, 0.717) is 17.8 Å². The van der Waals surface area contributed by atoms with Gasteiger partial charge in [-0.2, -0.15) is 0 Å². The van der Waals surface area contributed by atoms with E-state index in [1.54, 1.807) is 12.1 Å². The minimum Gasteiger partial charge on any atom is -0.476 e. The van der Waals surface area contributed by atoms with Crippen LogP contribution in [0.5, 0.6) is 0 Å². The number of halogens is 1. The average Bonchev–Trinajstić information content (AvgIpc) is 2.71. The lowest BCUT2D eigenvalue weighted by Crippen LogP contribution is -2.10. The zero-order valence-corrected chi connectivity index (χ0v) is 10.7. The summed E-state index contributed by atoms with van der Waals surface area (Å²) in [7, 11) is 0. The molecule has 0 aliphatic rings. The van der Waals surface area contributed by atoms with E-state index in [2.05, 4.69) is 10.3 Å². The highest BCUT2D eigenvalue weighted by molar-refractivity contribution is 5.86. The number of hydrogen-bond acceptors (Lipinski definition) is 3. The van der Waals surface area contributed by atoms with Gasteiger partial charge in [0, 0.05) is 0 Å². The van der Waals surface area contributed by atoms with Crippen molar-refractivity contribution in [1.29, 1.82) is 0 Å². The maximum absolute atomic E-state index is 13.2. The Hall–Kier alpha value is -2.24. The number of aromatic nitrogens is 3. The Morgan fingerprint density at radius 3 is 2.79 bits per heavy atom. The molecule has 0 spiro atoms. The van der Waals surface area contributed by atoms with Crippen molar-refractivity contribution >= 4 is 5.97 Å². The molecule has 19 heavy (non-hydrogen) atoms. The first kappa shape index (κ1) is 13.2. The van der Waals surface area contributed by atoms with E-state index in [1.165, 1.54) is 16.8 Å². The molecule has 1 N–H and O–H groups in total. The van der Waals surface area contributed by atoms with Gasteiger partial charge in [0.05, 0.1) is 11.4 Å². The van der Waals surface area contributed by atoms with Crippen molar-refractivity contribution in [3.8, 4) is 5.69 Å². The number of benzene rings is 1. The highest BCUT2D eigenvalue weighted by Gasteiger charge is 2.20. The molecular formula is C13H14FN3O2. The first-order valence-corrected chi connectivity index (χ1v) is 5.93. The molecule has 0 bridgehead atoms. The van der Waals surface area contributed by atoms with Crippen LogP contribution in [0.3, 0.4) is 0 Å². The Balaban J connectivity index is 2.54. The van der Waals surface area contributed by atoms with E-state index in [4.69, 9.17) is 5.11 Å². The lowest BCUT2D eigenvalue weighted by Gasteiger charge is -2.09. The van der Waals surface area contributed by atoms with Gasteiger partial charge < -0.3 is 5.11 Å². The highest BCUT2D eigenvalue weighted by Crippen LogP contribution is 2.17. The number of carboxylic acids is 1. The molecule has 1 heterocycles. The fourth-order valence-electron chi connectivity index (χ4n) is 1.85. The topological polar surface area (TPSA) is 68.0 Å². The first-order chi connectivity index (χ1) is 8.99. The van der Waals surface area contributed by atoms with Gasteiger partial charge in [0.25, 0.3) is 0 Å². The van der Waals surface area contributed by atoms with Crippen LogP contribution in [0.4, 0.5) is 4.39 Å². The fourth-order valence-corrected chi connectivity index (χ4v) is 1.85. The molecule has 5 nitrogen and oxygen atoms in total. The van der Waals surface area contributed by atoms with Crippen LogP contribution in [-0.4, -0.2) is 26.1 Å². The minimum absolute atomic E-state index is 0.0852. The molecule has 0 unspecified atom stereocenters. The van der Waals surface area contributed by atoms with Gasteiger partial charge in [0.2, 0.25) is 0 Å². The largest absolute Gasteiger partial charge is 0.476 e. The zero-order chi connectivity index (χ0) is 14.0. The van der Waals surface area contributed by atoms with Crippen molar-refractivity contribution in [2.24, 2.45) is 5.92 Å². The summed E-state index contributed by atoms with van der Waals surface area (Å²) in [4.78, 5) is 11.1. The van der Waals surface area contributed by atoms with Crippen LogP contribution < -0.4 is 0 Å². The molecule has 0 aliphatic carbocycles. The van der Waals surface area contributed by atoms with E-state index in [9.17, 15) is 9.18 Å². The maximum Gasteiger partial charge on any atom is 0.358 e. The van der Waals surface area contributed by atoms with E-state index in [-0.39, 0.29) is 11.6 Å². The van der Waals surface area contributed by atoms with Crippen LogP contribution in [0.2, 0.25) is 0 Å². The van der Waals surface area contributed by atoms with Crippen molar-refractivity contribution in [2.45, 2.75) is 20.3 Å². The molecule has 2 rings (SSSR count). The van der Waals surface area contributed by atoms with Gasteiger partial charge in [0.15, 0.2) is 5.69 Å². The predicted octanol–water partition coefficient (Wildman–Crippen LogP) is 2.30. The molecule has 6 heteroatoms. The molecule has 0 atom stereocenters. The molecule has 0 fully saturated rings. The van der Waals surface area contributed by atoms with Crippen LogP contribution in [-0.2, 0) is 6.42 Å². The summed E-state index contributed by atoms with van der Waals surface area (Å²) in [6.07, 6.45) is 0.505. The number of nitrogens with zero attached hydrogens (tertiary/aromatic N) is 3. The Labute approximate surface area is 109 Å². The smallest absolute Gasteiger partial charge is 0.358 e. The third-order valence-electron chi connectivity index (χ3n) is 2.62. The molecule has 100 valence electrons. The van der Waals surface area contributed by atoms with Crippen LogP contribution in [0.1, 0.15) is 30.0 Å². The van der Waals surface area contributed by atoms with Gasteiger partial charge in [-0.05, 0) is 30.5 Å². The lowest BCUT2D eigenvalue weighted by atomic mass is 10.1. The number of rotatable bonds is 4. The van der Waals surface area contributed by atoms with Crippen LogP contribution in [0, 0.1) is 11.7 Å². The summed E-state index contributed by atoms with van der Waals surface area (Å²) in [5, 5.41) is 16.6. The van der Waals surface area contributed by atoms with Crippen LogP contribution in [0.25, 0.3) is 5.69 Å². The summed E-state index contributed by atoms with van der Waals surface area (Å²) >= 11 is 0. The van der Waals surface area contributed by atoms with Gasteiger partial charge in [-0.25, -0.2) is 13.9 Å². The third kappa shape index (κ3) is 2.78. The molecule has 0 aliphatic heterocycles. The molecule has 0 saturated carbocycles. The van der Waals surface area contributed by atoms with Crippen molar-refractivity contribution in [2.75, 3.05) is 0 Å². The number of carboxylic acid groups (broad SMARTS) is 1. The van der Waals surface area contributed by atoms with Crippen molar-refractivity contribution in [1.82, 2.24) is 15.0 Å². The second-order valence-corrected chi connectivity index (χ2v) is 4.68. The second kappa shape index (κ2) is 5.17. The van der Waals surface area contributed by atoms with Gasteiger partial charge in [-0.1, -0.05) is 25.1 Å². The normalized spacial score (nSPS) is 10.9. The minimum atomic E-state index is -1.13. The summed E-state index contributed by atoms with van der Waals surface area (Å²) in [5.41, 5.74) is 0.863. The molecule has 2 aromatic rings. The summed E-state index contributed by atoms with van der Waals surface area (Å²) in [6.45, 7) is 3.93. The first-order valence-electron chi connectivity index (χ1n) is 5.93. The molecule has 1 aromatic carbocycles. The van der Waals surface area contributed by atoms with Gasteiger partial charge in [0.1, 0.15) is 5.82 Å². The van der Waals surface area contributed by atoms with E-state index in [1.807, 2.05) is 13.8 Å².